The molecule has 1 saturated carbocycles. The van der Waals surface area contributed by atoms with Gasteiger partial charge in [-0.15, -0.1) is 0 Å². The molecule has 20 heavy (non-hydrogen) atoms. The first-order chi connectivity index (χ1) is 9.36. The Bertz CT molecular complexity index is 488. The van der Waals surface area contributed by atoms with Crippen LogP contribution in [0.25, 0.3) is 0 Å². The maximum atomic E-state index is 12.6. The molecular formula is C14H17F3N2O. The number of halogens is 3. The van der Waals surface area contributed by atoms with Gasteiger partial charge in [0.05, 0.1) is 5.56 Å². The van der Waals surface area contributed by atoms with Crippen LogP contribution >= 0.6 is 0 Å². The van der Waals surface area contributed by atoms with E-state index in [4.69, 9.17) is 5.73 Å². The van der Waals surface area contributed by atoms with Gasteiger partial charge in [-0.05, 0) is 37.0 Å². The molecule has 2 rings (SSSR count). The summed E-state index contributed by atoms with van der Waals surface area (Å²) in [6.45, 7) is 0. The number of anilines is 1. The molecule has 2 atom stereocenters. The van der Waals surface area contributed by atoms with Gasteiger partial charge in [-0.2, -0.15) is 13.2 Å². The van der Waals surface area contributed by atoms with Crippen molar-refractivity contribution in [3.05, 3.63) is 29.8 Å². The quantitative estimate of drug-likeness (QED) is 0.896. The second-order valence-corrected chi connectivity index (χ2v) is 5.19. The van der Waals surface area contributed by atoms with Crippen LogP contribution in [0.1, 0.15) is 31.2 Å². The SMILES string of the molecule is N[C@@H]1CCC[C@H]1CC(=O)Nc1cccc(C(F)(F)F)c1. The topological polar surface area (TPSA) is 55.1 Å². The number of carbonyl (C=O) groups excluding carboxylic acids is 1. The van der Waals surface area contributed by atoms with E-state index in [1.165, 1.54) is 12.1 Å². The molecule has 110 valence electrons. The second-order valence-electron chi connectivity index (χ2n) is 5.19. The molecule has 1 aromatic carbocycles. The Morgan fingerprint density at radius 1 is 1.35 bits per heavy atom. The molecule has 0 aliphatic heterocycles. The molecule has 0 spiro atoms. The van der Waals surface area contributed by atoms with Crippen molar-refractivity contribution < 1.29 is 18.0 Å². The van der Waals surface area contributed by atoms with Crippen LogP contribution in [0.15, 0.2) is 24.3 Å². The highest BCUT2D eigenvalue weighted by Gasteiger charge is 2.30. The van der Waals surface area contributed by atoms with Crippen LogP contribution in [0.5, 0.6) is 0 Å². The Labute approximate surface area is 115 Å². The number of carbonyl (C=O) groups is 1. The van der Waals surface area contributed by atoms with E-state index in [9.17, 15) is 18.0 Å². The summed E-state index contributed by atoms with van der Waals surface area (Å²) in [5.41, 5.74) is 5.27. The van der Waals surface area contributed by atoms with Gasteiger partial charge in [0, 0.05) is 18.2 Å². The maximum Gasteiger partial charge on any atom is 0.416 e. The highest BCUT2D eigenvalue weighted by molar-refractivity contribution is 5.91. The van der Waals surface area contributed by atoms with Crippen molar-refractivity contribution in [2.24, 2.45) is 11.7 Å². The molecule has 1 aliphatic carbocycles. The zero-order valence-electron chi connectivity index (χ0n) is 10.9. The summed E-state index contributed by atoms with van der Waals surface area (Å²) < 4.78 is 37.7. The molecular weight excluding hydrogens is 269 g/mol. The van der Waals surface area contributed by atoms with E-state index in [1.807, 2.05) is 0 Å². The molecule has 0 bridgehead atoms. The molecule has 0 saturated heterocycles. The minimum absolute atomic E-state index is 0.0160. The zero-order chi connectivity index (χ0) is 14.8. The maximum absolute atomic E-state index is 12.6. The lowest BCUT2D eigenvalue weighted by atomic mass is 10.00. The van der Waals surface area contributed by atoms with E-state index in [-0.39, 0.29) is 30.0 Å². The third-order valence-corrected chi connectivity index (χ3v) is 3.64. The smallest absolute Gasteiger partial charge is 0.327 e. The van der Waals surface area contributed by atoms with Gasteiger partial charge >= 0.3 is 6.18 Å². The number of nitrogens with two attached hydrogens (primary N) is 1. The Hall–Kier alpha value is -1.56. The van der Waals surface area contributed by atoms with Crippen LogP contribution in [-0.2, 0) is 11.0 Å². The average Bonchev–Trinajstić information content (AvgIpc) is 2.74. The molecule has 1 fully saturated rings. The van der Waals surface area contributed by atoms with Crippen LogP contribution in [0.3, 0.4) is 0 Å². The Morgan fingerprint density at radius 2 is 2.10 bits per heavy atom. The van der Waals surface area contributed by atoms with Gasteiger partial charge in [0.1, 0.15) is 0 Å². The largest absolute Gasteiger partial charge is 0.416 e. The highest BCUT2D eigenvalue weighted by Crippen LogP contribution is 2.31. The molecule has 0 heterocycles. The van der Waals surface area contributed by atoms with Gasteiger partial charge in [0.15, 0.2) is 0 Å². The molecule has 1 aromatic rings. The normalized spacial score (nSPS) is 22.8. The molecule has 6 heteroatoms. The molecule has 0 unspecified atom stereocenters. The lowest BCUT2D eigenvalue weighted by molar-refractivity contribution is -0.137. The van der Waals surface area contributed by atoms with Gasteiger partial charge in [-0.3, -0.25) is 4.79 Å². The van der Waals surface area contributed by atoms with Crippen LogP contribution in [0.4, 0.5) is 18.9 Å². The number of amides is 1. The third kappa shape index (κ3) is 3.72. The Kier molecular flexibility index (Phi) is 4.32. The number of nitrogens with one attached hydrogen (secondary N) is 1. The monoisotopic (exact) mass is 286 g/mol. The lowest BCUT2D eigenvalue weighted by Crippen LogP contribution is -2.28. The van der Waals surface area contributed by atoms with E-state index in [1.54, 1.807) is 0 Å². The summed E-state index contributed by atoms with van der Waals surface area (Å²) in [6, 6.07) is 4.65. The summed E-state index contributed by atoms with van der Waals surface area (Å²) in [7, 11) is 0. The summed E-state index contributed by atoms with van der Waals surface area (Å²) >= 11 is 0. The van der Waals surface area contributed by atoms with Crippen molar-refractivity contribution in [3.63, 3.8) is 0 Å². The first kappa shape index (κ1) is 14.8. The Morgan fingerprint density at radius 3 is 2.70 bits per heavy atom. The summed E-state index contributed by atoms with van der Waals surface area (Å²) in [6.07, 6.45) is -1.34. The number of hydrogen-bond donors (Lipinski definition) is 2. The predicted octanol–water partition coefficient (Wildman–Crippen LogP) is 3.16. The van der Waals surface area contributed by atoms with Gasteiger partial charge in [0.2, 0.25) is 5.91 Å². The molecule has 3 N–H and O–H groups in total. The van der Waals surface area contributed by atoms with E-state index in [0.29, 0.717) is 0 Å². The first-order valence-corrected chi connectivity index (χ1v) is 6.59. The van der Waals surface area contributed by atoms with Crippen LogP contribution in [0.2, 0.25) is 0 Å². The van der Waals surface area contributed by atoms with E-state index >= 15 is 0 Å². The lowest BCUT2D eigenvalue weighted by Gasteiger charge is -2.15. The molecule has 0 aromatic heterocycles. The molecule has 1 amide bonds. The van der Waals surface area contributed by atoms with E-state index in [2.05, 4.69) is 5.32 Å². The van der Waals surface area contributed by atoms with Crippen molar-refractivity contribution in [1.29, 1.82) is 0 Å². The third-order valence-electron chi connectivity index (χ3n) is 3.64. The van der Waals surface area contributed by atoms with Gasteiger partial charge in [0.25, 0.3) is 0 Å². The van der Waals surface area contributed by atoms with E-state index < -0.39 is 11.7 Å². The summed E-state index contributed by atoms with van der Waals surface area (Å²) in [5.74, 6) is -0.160. The average molecular weight is 286 g/mol. The van der Waals surface area contributed by atoms with E-state index in [0.717, 1.165) is 31.4 Å². The highest BCUT2D eigenvalue weighted by atomic mass is 19.4. The predicted molar refractivity (Wildman–Crippen MR) is 70.0 cm³/mol. The standard InChI is InChI=1S/C14H17F3N2O/c15-14(16,17)10-4-2-5-11(8-10)19-13(20)7-9-3-1-6-12(9)18/h2,4-5,8-9,12H,1,3,6-7,18H2,(H,19,20)/t9-,12+/m0/s1. The summed E-state index contributed by atoms with van der Waals surface area (Å²) in [4.78, 5) is 11.8. The van der Waals surface area contributed by atoms with Crippen molar-refractivity contribution in [2.75, 3.05) is 5.32 Å². The summed E-state index contributed by atoms with van der Waals surface area (Å²) in [5, 5.41) is 2.51. The fourth-order valence-corrected chi connectivity index (χ4v) is 2.54. The molecule has 1 aliphatic rings. The number of benzene rings is 1. The Balaban J connectivity index is 1.97. The fraction of sp³-hybridized carbons (Fsp3) is 0.500. The van der Waals surface area contributed by atoms with Crippen LogP contribution < -0.4 is 11.1 Å². The van der Waals surface area contributed by atoms with Gasteiger partial charge in [-0.1, -0.05) is 12.5 Å². The van der Waals surface area contributed by atoms with Crippen molar-refractivity contribution >= 4 is 11.6 Å². The van der Waals surface area contributed by atoms with Crippen molar-refractivity contribution in [1.82, 2.24) is 0 Å². The number of hydrogen-bond acceptors (Lipinski definition) is 2. The van der Waals surface area contributed by atoms with Crippen molar-refractivity contribution in [3.8, 4) is 0 Å². The zero-order valence-corrected chi connectivity index (χ0v) is 10.9. The number of alkyl halides is 3. The molecule has 3 nitrogen and oxygen atoms in total. The fourth-order valence-electron chi connectivity index (χ4n) is 2.54. The minimum atomic E-state index is -4.41. The van der Waals surface area contributed by atoms with Crippen molar-refractivity contribution in [2.45, 2.75) is 37.9 Å². The van der Waals surface area contributed by atoms with Gasteiger partial charge < -0.3 is 11.1 Å². The molecule has 0 radical (unpaired) electrons. The second kappa shape index (κ2) is 5.83. The minimum Gasteiger partial charge on any atom is -0.327 e. The first-order valence-electron chi connectivity index (χ1n) is 6.59. The van der Waals surface area contributed by atoms with Crippen LogP contribution in [0, 0.1) is 5.92 Å². The number of rotatable bonds is 3. The van der Waals surface area contributed by atoms with Crippen LogP contribution in [-0.4, -0.2) is 11.9 Å². The van der Waals surface area contributed by atoms with Gasteiger partial charge in [-0.25, -0.2) is 0 Å².